The molecular weight excluding hydrogens is 617 g/mol. The van der Waals surface area contributed by atoms with Gasteiger partial charge in [-0.3, -0.25) is 0 Å². The normalized spacial score (nSPS) is 15.5. The first-order valence-corrected chi connectivity index (χ1v) is 30.2. The summed E-state index contributed by atoms with van der Waals surface area (Å²) in [5.41, 5.74) is 15.5. The predicted molar refractivity (Wildman–Crippen MR) is 222 cm³/mol. The molecule has 0 amide bonds. The van der Waals surface area contributed by atoms with Crippen molar-refractivity contribution in [3.05, 3.63) is 92.1 Å². The van der Waals surface area contributed by atoms with Gasteiger partial charge in [0.05, 0.1) is 24.2 Å². The number of hydrogen-bond donors (Lipinski definition) is 0. The van der Waals surface area contributed by atoms with Crippen molar-refractivity contribution in [2.24, 2.45) is 0 Å². The summed E-state index contributed by atoms with van der Waals surface area (Å²) in [7, 11) is -7.67. The van der Waals surface area contributed by atoms with E-state index in [0.717, 1.165) is 0 Å². The van der Waals surface area contributed by atoms with E-state index >= 15 is 0 Å². The molecule has 248 valence electrons. The van der Waals surface area contributed by atoms with E-state index in [9.17, 15) is 0 Å². The minimum Gasteiger partial charge on any atom is -0.0656 e. The average molecular weight is 681 g/mol. The first kappa shape index (κ1) is 36.8. The van der Waals surface area contributed by atoms with Gasteiger partial charge in [-0.1, -0.05) is 155 Å². The summed E-state index contributed by atoms with van der Waals surface area (Å²) in [6.45, 7) is 47.1. The molecule has 0 saturated carbocycles. The van der Waals surface area contributed by atoms with Crippen molar-refractivity contribution in [1.29, 1.82) is 0 Å². The van der Waals surface area contributed by atoms with Crippen LogP contribution in [0.15, 0.2) is 58.7 Å². The molecule has 0 nitrogen and oxygen atoms in total. The highest BCUT2D eigenvalue weighted by Crippen LogP contribution is 2.47. The zero-order chi connectivity index (χ0) is 35.1. The second kappa shape index (κ2) is 12.2. The van der Waals surface area contributed by atoms with Crippen LogP contribution in [0.1, 0.15) is 61.1 Å². The van der Waals surface area contributed by atoms with Crippen LogP contribution in [0, 0.1) is 41.5 Å². The van der Waals surface area contributed by atoms with E-state index < -0.39 is 32.3 Å². The van der Waals surface area contributed by atoms with E-state index in [2.05, 4.69) is 165 Å². The smallest absolute Gasteiger partial charge is 0.0656 e. The highest BCUT2D eigenvalue weighted by atomic mass is 28.3. The van der Waals surface area contributed by atoms with E-state index in [0.29, 0.717) is 5.54 Å². The van der Waals surface area contributed by atoms with Gasteiger partial charge in [-0.05, 0) is 95.9 Å². The van der Waals surface area contributed by atoms with Crippen molar-refractivity contribution in [3.8, 4) is 0 Å². The van der Waals surface area contributed by atoms with Gasteiger partial charge in [0.25, 0.3) is 0 Å². The lowest BCUT2D eigenvalue weighted by molar-refractivity contribution is 1.09. The zero-order valence-electron chi connectivity index (χ0n) is 33.0. The Morgan fingerprint density at radius 2 is 0.543 bits per heavy atom. The molecule has 3 aromatic rings. The third kappa shape index (κ3) is 6.06. The van der Waals surface area contributed by atoms with Gasteiger partial charge >= 0.3 is 0 Å². The van der Waals surface area contributed by atoms with Crippen molar-refractivity contribution < 1.29 is 0 Å². The summed E-state index contributed by atoms with van der Waals surface area (Å²) < 4.78 is 0. The maximum atomic E-state index is 2.77. The van der Waals surface area contributed by atoms with Crippen LogP contribution in [-0.4, -0.2) is 32.3 Å². The third-order valence-electron chi connectivity index (χ3n) is 11.5. The molecule has 0 aliphatic heterocycles. The largest absolute Gasteiger partial charge is 0.160 e. The molecule has 0 radical (unpaired) electrons. The third-order valence-corrected chi connectivity index (χ3v) is 23.8. The minimum atomic E-state index is -2.78. The summed E-state index contributed by atoms with van der Waals surface area (Å²) >= 11 is 0. The lowest BCUT2D eigenvalue weighted by Gasteiger charge is -2.45. The standard InChI is InChI=1S/C42H64Si4/c1-26-20-29(4)39(23-36(26)43(11,12)13)46(42-34(9)32(7)33(8)35(42)10,40-24-37(44(14,15)16)27(2)21-30(40)5)41-25-38(45(17,18)19)28(3)22-31(41)6/h20-25,42H,1-19H3. The van der Waals surface area contributed by atoms with Crippen molar-refractivity contribution in [1.82, 2.24) is 0 Å². The molecule has 0 unspecified atom stereocenters. The first-order valence-electron chi connectivity index (χ1n) is 17.6. The van der Waals surface area contributed by atoms with Crippen LogP contribution in [-0.2, 0) is 0 Å². The van der Waals surface area contributed by atoms with Crippen LogP contribution in [0.2, 0.25) is 64.5 Å². The Bertz CT molecular complexity index is 1590. The molecule has 0 spiro atoms. The monoisotopic (exact) mass is 680 g/mol. The first-order chi connectivity index (χ1) is 20.9. The summed E-state index contributed by atoms with van der Waals surface area (Å²) in [6, 6.07) is 16.0. The summed E-state index contributed by atoms with van der Waals surface area (Å²) in [5, 5.41) is 9.86. The Labute approximate surface area is 287 Å². The zero-order valence-corrected chi connectivity index (χ0v) is 37.0. The Morgan fingerprint density at radius 1 is 0.326 bits per heavy atom. The fourth-order valence-corrected chi connectivity index (χ4v) is 21.8. The molecule has 0 bridgehead atoms. The molecule has 4 heteroatoms. The lowest BCUT2D eigenvalue weighted by Crippen LogP contribution is -2.73. The SMILES string of the molecule is CC1=C(C)C([Si](c2cc([Si](C)(C)C)c(C)cc2C)(c2cc([Si](C)(C)C)c(C)cc2C)c2cc([Si](C)(C)C)c(C)cc2C)C(C)=C1C. The van der Waals surface area contributed by atoms with E-state index in [1.54, 1.807) is 42.3 Å². The molecule has 0 atom stereocenters. The Hall–Kier alpha value is -1.99. The number of hydrogen-bond acceptors (Lipinski definition) is 0. The van der Waals surface area contributed by atoms with Gasteiger partial charge in [0.2, 0.25) is 0 Å². The number of aryl methyl sites for hydroxylation is 6. The van der Waals surface area contributed by atoms with Gasteiger partial charge in [0.15, 0.2) is 8.07 Å². The second-order valence-electron chi connectivity index (χ2n) is 18.1. The van der Waals surface area contributed by atoms with Crippen LogP contribution in [0.25, 0.3) is 0 Å². The van der Waals surface area contributed by atoms with Crippen molar-refractivity contribution in [2.45, 2.75) is 134 Å². The summed E-state index contributed by atoms with van der Waals surface area (Å²) in [4.78, 5) is 0. The van der Waals surface area contributed by atoms with Crippen molar-refractivity contribution in [3.63, 3.8) is 0 Å². The summed E-state index contributed by atoms with van der Waals surface area (Å²) in [6.07, 6.45) is 0. The predicted octanol–water partition coefficient (Wildman–Crippen LogP) is 8.70. The molecule has 0 aromatic heterocycles. The lowest BCUT2D eigenvalue weighted by atomic mass is 10.1. The van der Waals surface area contributed by atoms with Crippen molar-refractivity contribution in [2.75, 3.05) is 0 Å². The average Bonchev–Trinajstić information content (AvgIpc) is 3.07. The Morgan fingerprint density at radius 3 is 0.761 bits per heavy atom. The molecule has 1 aliphatic rings. The Kier molecular flexibility index (Phi) is 9.74. The van der Waals surface area contributed by atoms with Crippen molar-refractivity contribution >= 4 is 63.4 Å². The van der Waals surface area contributed by atoms with E-state index in [-0.39, 0.29) is 0 Å². The highest BCUT2D eigenvalue weighted by molar-refractivity contribution is 7.14. The number of benzene rings is 3. The summed E-state index contributed by atoms with van der Waals surface area (Å²) in [5.74, 6) is 0. The van der Waals surface area contributed by atoms with Gasteiger partial charge in [0.1, 0.15) is 0 Å². The molecule has 46 heavy (non-hydrogen) atoms. The fourth-order valence-electron chi connectivity index (χ4n) is 9.16. The molecular formula is C42H64Si4. The highest BCUT2D eigenvalue weighted by Gasteiger charge is 2.53. The fraction of sp³-hybridized carbons (Fsp3) is 0.476. The molecule has 0 N–H and O–H groups in total. The molecule has 3 aromatic carbocycles. The van der Waals surface area contributed by atoms with Crippen LogP contribution in [0.4, 0.5) is 0 Å². The second-order valence-corrected chi connectivity index (χ2v) is 37.0. The van der Waals surface area contributed by atoms with Crippen LogP contribution < -0.4 is 31.1 Å². The van der Waals surface area contributed by atoms with E-state index in [4.69, 9.17) is 0 Å². The quantitative estimate of drug-likeness (QED) is 0.173. The maximum absolute atomic E-state index is 2.78. The van der Waals surface area contributed by atoms with Gasteiger partial charge in [-0.25, -0.2) is 0 Å². The van der Waals surface area contributed by atoms with E-state index in [1.165, 1.54) is 44.5 Å². The topological polar surface area (TPSA) is 0 Å². The maximum Gasteiger partial charge on any atom is 0.160 e. The van der Waals surface area contributed by atoms with Crippen LogP contribution in [0.5, 0.6) is 0 Å². The minimum absolute atomic E-state index is 0.384. The van der Waals surface area contributed by atoms with Gasteiger partial charge < -0.3 is 0 Å². The number of allylic oxidation sites excluding steroid dienone is 4. The number of rotatable bonds is 7. The molecule has 0 fully saturated rings. The van der Waals surface area contributed by atoms with Gasteiger partial charge in [0, 0.05) is 5.54 Å². The van der Waals surface area contributed by atoms with Crippen LogP contribution >= 0.6 is 0 Å². The van der Waals surface area contributed by atoms with Gasteiger partial charge in [-0.2, -0.15) is 0 Å². The molecule has 0 heterocycles. The molecule has 1 aliphatic carbocycles. The van der Waals surface area contributed by atoms with E-state index in [1.807, 2.05) is 0 Å². The molecule has 4 rings (SSSR count). The van der Waals surface area contributed by atoms with Crippen LogP contribution in [0.3, 0.4) is 0 Å². The molecule has 0 saturated heterocycles. The Balaban J connectivity index is 2.47. The van der Waals surface area contributed by atoms with Gasteiger partial charge in [-0.15, -0.1) is 0 Å².